The summed E-state index contributed by atoms with van der Waals surface area (Å²) in [5.41, 5.74) is 1.84. The zero-order chi connectivity index (χ0) is 20.3. The van der Waals surface area contributed by atoms with Crippen LogP contribution in [0.2, 0.25) is 0 Å². The maximum absolute atomic E-state index is 12.4. The fourth-order valence-corrected chi connectivity index (χ4v) is 4.99. The number of hydrogen-bond donors (Lipinski definition) is 1. The van der Waals surface area contributed by atoms with E-state index in [1.54, 1.807) is 6.92 Å². The van der Waals surface area contributed by atoms with Crippen LogP contribution in [0.15, 0.2) is 35.4 Å². The largest absolute Gasteiger partial charge is 0.465 e. The molecule has 0 aliphatic heterocycles. The number of amides is 1. The minimum atomic E-state index is -0.386. The van der Waals surface area contributed by atoms with Gasteiger partial charge in [0.1, 0.15) is 20.6 Å². The molecule has 3 aromatic rings. The maximum atomic E-state index is 12.4. The molecule has 0 bridgehead atoms. The molecular weight excluding hydrogens is 394 g/mol. The molecule has 8 heteroatoms. The Hall–Kier alpha value is -2.45. The van der Waals surface area contributed by atoms with Crippen LogP contribution in [0.25, 0.3) is 10.2 Å². The van der Waals surface area contributed by atoms with Crippen molar-refractivity contribution in [2.45, 2.75) is 31.8 Å². The highest BCUT2D eigenvalue weighted by atomic mass is 32.2. The standard InChI is InChI=1S/C20H21N3O3S2/c1-11-16-18(22-13(3)23-19(16)28-17(11)20(25)26-4)27-10-15(24)21-12(2)14-8-6-5-7-9-14/h5-9,12H,10H2,1-4H3,(H,21,24)/t12-/m0/s1. The minimum absolute atomic E-state index is 0.0738. The monoisotopic (exact) mass is 415 g/mol. The first-order valence-corrected chi connectivity index (χ1v) is 10.5. The van der Waals surface area contributed by atoms with Crippen LogP contribution in [0.4, 0.5) is 0 Å². The van der Waals surface area contributed by atoms with Gasteiger partial charge in [0.2, 0.25) is 5.91 Å². The fraction of sp³-hybridized carbons (Fsp3) is 0.300. The molecule has 0 saturated carbocycles. The third kappa shape index (κ3) is 4.34. The van der Waals surface area contributed by atoms with Gasteiger partial charge < -0.3 is 10.1 Å². The third-order valence-corrected chi connectivity index (χ3v) is 6.40. The second-order valence-electron chi connectivity index (χ2n) is 6.29. The quantitative estimate of drug-likeness (QED) is 0.371. The topological polar surface area (TPSA) is 81.2 Å². The zero-order valence-electron chi connectivity index (χ0n) is 16.1. The number of carbonyl (C=O) groups is 2. The van der Waals surface area contributed by atoms with Crippen molar-refractivity contribution < 1.29 is 14.3 Å². The second-order valence-corrected chi connectivity index (χ2v) is 8.26. The van der Waals surface area contributed by atoms with Gasteiger partial charge in [0, 0.05) is 5.39 Å². The Balaban J connectivity index is 1.77. The molecule has 1 aromatic carbocycles. The van der Waals surface area contributed by atoms with Crippen LogP contribution in [0.5, 0.6) is 0 Å². The number of carbonyl (C=O) groups excluding carboxylic acids is 2. The molecule has 1 amide bonds. The Morgan fingerprint density at radius 2 is 1.93 bits per heavy atom. The molecule has 0 radical (unpaired) electrons. The lowest BCUT2D eigenvalue weighted by molar-refractivity contribution is -0.119. The molecule has 3 rings (SSSR count). The molecule has 2 aromatic heterocycles. The van der Waals surface area contributed by atoms with Crippen molar-refractivity contribution in [1.82, 2.24) is 15.3 Å². The number of thiophene rings is 1. The highest BCUT2D eigenvalue weighted by Gasteiger charge is 2.21. The first-order chi connectivity index (χ1) is 13.4. The highest BCUT2D eigenvalue weighted by molar-refractivity contribution is 8.00. The number of fused-ring (bicyclic) bond motifs is 1. The lowest BCUT2D eigenvalue weighted by Crippen LogP contribution is -2.28. The number of nitrogens with one attached hydrogen (secondary N) is 1. The summed E-state index contributed by atoms with van der Waals surface area (Å²) < 4.78 is 4.85. The van der Waals surface area contributed by atoms with Crippen molar-refractivity contribution in [2.24, 2.45) is 0 Å². The van der Waals surface area contributed by atoms with E-state index in [0.717, 1.165) is 21.3 Å². The second kappa shape index (κ2) is 8.70. The molecule has 0 saturated heterocycles. The number of rotatable bonds is 6. The van der Waals surface area contributed by atoms with E-state index in [1.165, 1.54) is 30.2 Å². The number of methoxy groups -OCH3 is 1. The summed E-state index contributed by atoms with van der Waals surface area (Å²) in [4.78, 5) is 34.6. The minimum Gasteiger partial charge on any atom is -0.465 e. The van der Waals surface area contributed by atoms with E-state index in [4.69, 9.17) is 4.74 Å². The predicted molar refractivity (Wildman–Crippen MR) is 112 cm³/mol. The average Bonchev–Trinajstić information content (AvgIpc) is 3.02. The Kier molecular flexibility index (Phi) is 6.31. The molecule has 1 atom stereocenters. The molecule has 0 unspecified atom stereocenters. The van der Waals surface area contributed by atoms with E-state index in [0.29, 0.717) is 15.7 Å². The van der Waals surface area contributed by atoms with Crippen LogP contribution < -0.4 is 5.32 Å². The Morgan fingerprint density at radius 1 is 1.21 bits per heavy atom. The fourth-order valence-electron chi connectivity index (χ4n) is 2.84. The van der Waals surface area contributed by atoms with Crippen molar-refractivity contribution in [3.8, 4) is 0 Å². The summed E-state index contributed by atoms with van der Waals surface area (Å²) in [5, 5.41) is 4.51. The van der Waals surface area contributed by atoms with E-state index < -0.39 is 0 Å². The summed E-state index contributed by atoms with van der Waals surface area (Å²) >= 11 is 2.64. The first kappa shape index (κ1) is 20.3. The van der Waals surface area contributed by atoms with Gasteiger partial charge in [-0.15, -0.1) is 11.3 Å². The molecular formula is C20H21N3O3S2. The number of hydrogen-bond acceptors (Lipinski definition) is 7. The summed E-state index contributed by atoms with van der Waals surface area (Å²) in [6.07, 6.45) is 0. The summed E-state index contributed by atoms with van der Waals surface area (Å²) in [6, 6.07) is 9.74. The summed E-state index contributed by atoms with van der Waals surface area (Å²) in [6.45, 7) is 5.61. The number of esters is 1. The molecule has 28 heavy (non-hydrogen) atoms. The summed E-state index contributed by atoms with van der Waals surface area (Å²) in [5.74, 6) is 0.368. The van der Waals surface area contributed by atoms with Gasteiger partial charge in [-0.25, -0.2) is 14.8 Å². The molecule has 6 nitrogen and oxygen atoms in total. The average molecular weight is 416 g/mol. The lowest BCUT2D eigenvalue weighted by Gasteiger charge is -2.14. The van der Waals surface area contributed by atoms with E-state index in [9.17, 15) is 9.59 Å². The SMILES string of the molecule is COC(=O)c1sc2nc(C)nc(SCC(=O)N[C@@H](C)c3ccccc3)c2c1C. The summed E-state index contributed by atoms with van der Waals surface area (Å²) in [7, 11) is 1.36. The number of benzene rings is 1. The van der Waals surface area contributed by atoms with Crippen molar-refractivity contribution in [3.05, 3.63) is 52.2 Å². The van der Waals surface area contributed by atoms with E-state index in [2.05, 4.69) is 15.3 Å². The van der Waals surface area contributed by atoms with Crippen molar-refractivity contribution in [2.75, 3.05) is 12.9 Å². The van der Waals surface area contributed by atoms with Gasteiger partial charge in [0.05, 0.1) is 18.9 Å². The van der Waals surface area contributed by atoms with Crippen molar-refractivity contribution in [3.63, 3.8) is 0 Å². The van der Waals surface area contributed by atoms with Gasteiger partial charge in [-0.1, -0.05) is 42.1 Å². The molecule has 2 heterocycles. The van der Waals surface area contributed by atoms with Crippen LogP contribution in [0, 0.1) is 13.8 Å². The van der Waals surface area contributed by atoms with Gasteiger partial charge in [-0.05, 0) is 31.9 Å². The number of ether oxygens (including phenoxy) is 1. The van der Waals surface area contributed by atoms with Crippen LogP contribution in [-0.2, 0) is 9.53 Å². The lowest BCUT2D eigenvalue weighted by atomic mass is 10.1. The van der Waals surface area contributed by atoms with E-state index in [1.807, 2.05) is 44.2 Å². The zero-order valence-corrected chi connectivity index (χ0v) is 17.7. The Morgan fingerprint density at radius 3 is 2.61 bits per heavy atom. The molecule has 146 valence electrons. The molecule has 0 spiro atoms. The Labute approximate surface area is 171 Å². The molecule has 0 aliphatic carbocycles. The van der Waals surface area contributed by atoms with Gasteiger partial charge in [0.25, 0.3) is 0 Å². The third-order valence-electron chi connectivity index (χ3n) is 4.26. The van der Waals surface area contributed by atoms with Crippen LogP contribution in [-0.4, -0.2) is 34.7 Å². The van der Waals surface area contributed by atoms with Crippen molar-refractivity contribution >= 4 is 45.2 Å². The Bertz CT molecular complexity index is 1020. The van der Waals surface area contributed by atoms with Gasteiger partial charge >= 0.3 is 5.97 Å². The van der Waals surface area contributed by atoms with Crippen LogP contribution >= 0.6 is 23.1 Å². The van der Waals surface area contributed by atoms with Crippen LogP contribution in [0.3, 0.4) is 0 Å². The molecule has 1 N–H and O–H groups in total. The normalized spacial score (nSPS) is 12.0. The predicted octanol–water partition coefficient (Wildman–Crippen LogP) is 4.06. The van der Waals surface area contributed by atoms with Gasteiger partial charge in [0.15, 0.2) is 0 Å². The number of thioether (sulfide) groups is 1. The highest BCUT2D eigenvalue weighted by Crippen LogP contribution is 2.35. The number of aryl methyl sites for hydroxylation is 2. The smallest absolute Gasteiger partial charge is 0.348 e. The maximum Gasteiger partial charge on any atom is 0.348 e. The number of nitrogens with zero attached hydrogens (tertiary/aromatic N) is 2. The van der Waals surface area contributed by atoms with Gasteiger partial charge in [-0.3, -0.25) is 4.79 Å². The van der Waals surface area contributed by atoms with Crippen molar-refractivity contribution in [1.29, 1.82) is 0 Å². The molecule has 0 aliphatic rings. The number of aromatic nitrogens is 2. The van der Waals surface area contributed by atoms with Crippen LogP contribution in [0.1, 0.15) is 39.6 Å². The van der Waals surface area contributed by atoms with E-state index >= 15 is 0 Å². The molecule has 0 fully saturated rings. The van der Waals surface area contributed by atoms with E-state index in [-0.39, 0.29) is 23.7 Å². The first-order valence-electron chi connectivity index (χ1n) is 8.74. The van der Waals surface area contributed by atoms with Gasteiger partial charge in [-0.2, -0.15) is 0 Å².